The van der Waals surface area contributed by atoms with Crippen molar-refractivity contribution in [3.8, 4) is 25.7 Å². The van der Waals surface area contributed by atoms with Gasteiger partial charge in [0.15, 0.2) is 0 Å². The molecule has 0 radical (unpaired) electrons. The molecule has 6 heteroatoms. The second kappa shape index (κ2) is 14.1. The summed E-state index contributed by atoms with van der Waals surface area (Å²) in [4.78, 5) is 7.60. The van der Waals surface area contributed by atoms with Crippen LogP contribution in [0.3, 0.4) is 0 Å². The zero-order valence-electron chi connectivity index (χ0n) is 37.1. The average molecular weight is 1030 g/mol. The third-order valence-corrected chi connectivity index (χ3v) is 25.1. The van der Waals surface area contributed by atoms with E-state index in [1.807, 2.05) is 6.07 Å². The zero-order valence-corrected chi connectivity index (χ0v) is 41.5. The van der Waals surface area contributed by atoms with Gasteiger partial charge in [0.1, 0.15) is 11.2 Å². The molecule has 0 N–H and O–H groups in total. The van der Waals surface area contributed by atoms with Crippen molar-refractivity contribution in [2.75, 3.05) is 4.90 Å². The number of aromatic nitrogens is 1. The quantitative estimate of drug-likeness (QED) is 0.164. The van der Waals surface area contributed by atoms with Gasteiger partial charge in [0.05, 0.1) is 0 Å². The van der Waals surface area contributed by atoms with E-state index in [-0.39, 0.29) is 29.0 Å². The molecule has 2 aliphatic heterocycles. The summed E-state index contributed by atoms with van der Waals surface area (Å²) < 4.78 is 11.9. The van der Waals surface area contributed by atoms with Gasteiger partial charge in [-0.25, -0.2) is 0 Å². The summed E-state index contributed by atoms with van der Waals surface area (Å²) in [5.74, 6) is 0. The van der Waals surface area contributed by atoms with E-state index in [9.17, 15) is 0 Å². The molecule has 16 rings (SSSR count). The number of anilines is 3. The minimum atomic E-state index is -2.82. The SMILES string of the molecule is c1ccc([Si]2(c3ccccc3)c3ccccc3-c3c2ccc2c3C3(c4ccccc4N2c2ccc4c(c2)c2ccccc2n4-c2ccc4oc5ccccc5c4c2)c2cc[se]c2-c2[se]ccc23)cc1. The van der Waals surface area contributed by atoms with Crippen LogP contribution in [0.2, 0.25) is 0 Å². The van der Waals surface area contributed by atoms with Crippen LogP contribution >= 0.6 is 0 Å². The van der Waals surface area contributed by atoms with Crippen LogP contribution in [0.5, 0.6) is 0 Å². The molecule has 1 aliphatic carbocycles. The van der Waals surface area contributed by atoms with Crippen molar-refractivity contribution in [1.82, 2.24) is 4.57 Å². The van der Waals surface area contributed by atoms with Crippen molar-refractivity contribution in [2.24, 2.45) is 0 Å². The van der Waals surface area contributed by atoms with Crippen LogP contribution in [0.4, 0.5) is 17.1 Å². The van der Waals surface area contributed by atoms with Crippen LogP contribution in [0.25, 0.3) is 69.4 Å². The topological polar surface area (TPSA) is 21.3 Å². The normalized spacial score (nSPS) is 14.6. The van der Waals surface area contributed by atoms with E-state index in [2.05, 4.69) is 232 Å². The fourth-order valence-electron chi connectivity index (χ4n) is 13.1. The number of hydrogen-bond acceptors (Lipinski definition) is 2. The van der Waals surface area contributed by atoms with Crippen molar-refractivity contribution in [2.45, 2.75) is 5.41 Å². The first kappa shape index (κ1) is 38.6. The molecule has 0 saturated heterocycles. The first-order valence-corrected chi connectivity index (χ1v) is 29.3. The van der Waals surface area contributed by atoms with Gasteiger partial charge in [-0.15, -0.1) is 0 Å². The number of benzene rings is 9. The van der Waals surface area contributed by atoms with E-state index < -0.39 is 13.5 Å². The van der Waals surface area contributed by atoms with E-state index in [1.165, 1.54) is 87.3 Å². The number of para-hydroxylation sites is 3. The summed E-state index contributed by atoms with van der Waals surface area (Å²) in [5, 5.41) is 10.5. The summed E-state index contributed by atoms with van der Waals surface area (Å²) in [6, 6.07) is 83.1. The first-order chi connectivity index (χ1) is 34.2. The van der Waals surface area contributed by atoms with Gasteiger partial charge in [-0.05, 0) is 24.3 Å². The zero-order chi connectivity index (χ0) is 45.0. The third-order valence-electron chi connectivity index (χ3n) is 15.6. The maximum absolute atomic E-state index is 6.30. The Balaban J connectivity index is 1.01. The van der Waals surface area contributed by atoms with E-state index >= 15 is 0 Å². The van der Waals surface area contributed by atoms with Gasteiger partial charge in [-0.2, -0.15) is 0 Å². The molecule has 0 amide bonds. The number of nitrogens with zero attached hydrogens (tertiary/aromatic N) is 2. The molecule has 6 heterocycles. The second-order valence-electron chi connectivity index (χ2n) is 18.7. The van der Waals surface area contributed by atoms with E-state index in [4.69, 9.17) is 4.42 Å². The predicted molar refractivity (Wildman–Crippen MR) is 290 cm³/mol. The van der Waals surface area contributed by atoms with Gasteiger partial charge in [-0.1, -0.05) is 24.3 Å². The van der Waals surface area contributed by atoms with Crippen LogP contribution < -0.4 is 25.6 Å². The molecule has 0 saturated carbocycles. The summed E-state index contributed by atoms with van der Waals surface area (Å²) in [7, 11) is -2.82. The Labute approximate surface area is 411 Å². The minimum absolute atomic E-state index is 0.288. The molecule has 9 aromatic carbocycles. The number of furan rings is 1. The molecule has 3 nitrogen and oxygen atoms in total. The van der Waals surface area contributed by atoms with E-state index in [0.29, 0.717) is 0 Å². The Bertz CT molecular complexity index is 4210. The molecule has 0 fully saturated rings. The molecule has 4 aromatic heterocycles. The van der Waals surface area contributed by atoms with Gasteiger partial charge >= 0.3 is 339 Å². The standard InChI is InChI=1S/C63H38N2OSe2Si/c1-3-15-41(16-4-1)69(42-17-5-2-6-18-42)57-26-14-9-21-45(57)59-58(69)32-30-54-60(59)63(49-33-35-67-61(49)62-50(63)34-36-68-62)48-22-10-12-24-53(48)65(54)39-27-29-52-46(37-39)43-19-7-11-23-51(43)64(52)40-28-31-56-47(38-40)44-20-8-13-25-55(44)66-56/h1-38H. The number of rotatable bonds is 4. The van der Waals surface area contributed by atoms with Gasteiger partial charge < -0.3 is 4.42 Å². The Morgan fingerprint density at radius 1 is 0.420 bits per heavy atom. The molecule has 1 spiro atoms. The van der Waals surface area contributed by atoms with Crippen LogP contribution in [-0.2, 0) is 5.41 Å². The summed E-state index contributed by atoms with van der Waals surface area (Å²) in [6.07, 6.45) is 0. The molecule has 322 valence electrons. The Kier molecular flexibility index (Phi) is 7.87. The summed E-state index contributed by atoms with van der Waals surface area (Å²) in [6.45, 7) is 0. The van der Waals surface area contributed by atoms with Gasteiger partial charge in [-0.3, -0.25) is 0 Å². The molecule has 69 heavy (non-hydrogen) atoms. The van der Waals surface area contributed by atoms with Gasteiger partial charge in [0.2, 0.25) is 0 Å². The van der Waals surface area contributed by atoms with Crippen molar-refractivity contribution in [3.05, 3.63) is 251 Å². The Hall–Kier alpha value is -7.40. The molecular weight excluding hydrogens is 987 g/mol. The second-order valence-corrected chi connectivity index (χ2v) is 26.2. The third kappa shape index (κ3) is 4.83. The van der Waals surface area contributed by atoms with Crippen molar-refractivity contribution >= 4 is 119 Å². The fourth-order valence-corrected chi connectivity index (χ4v) is 23.1. The Morgan fingerprint density at radius 2 is 1.04 bits per heavy atom. The van der Waals surface area contributed by atoms with Gasteiger partial charge in [0, 0.05) is 10.8 Å². The Morgan fingerprint density at radius 3 is 1.84 bits per heavy atom. The van der Waals surface area contributed by atoms with E-state index in [0.717, 1.165) is 33.3 Å². The van der Waals surface area contributed by atoms with Crippen LogP contribution in [-0.4, -0.2) is 41.6 Å². The van der Waals surface area contributed by atoms with Crippen molar-refractivity contribution in [1.29, 1.82) is 0 Å². The molecule has 3 aliphatic rings. The predicted octanol–water partition coefficient (Wildman–Crippen LogP) is 12.3. The number of hydrogen-bond donors (Lipinski definition) is 0. The number of fused-ring (bicyclic) bond motifs is 19. The maximum atomic E-state index is 6.30. The molecule has 0 atom stereocenters. The van der Waals surface area contributed by atoms with Crippen molar-refractivity contribution in [3.63, 3.8) is 0 Å². The molecule has 13 aromatic rings. The molecular formula is C63H38N2OSe2Si. The van der Waals surface area contributed by atoms with Crippen LogP contribution in [0, 0.1) is 0 Å². The van der Waals surface area contributed by atoms with E-state index in [1.54, 1.807) is 8.87 Å². The summed E-state index contributed by atoms with van der Waals surface area (Å²) in [5.41, 5.74) is 17.1. The average Bonchev–Trinajstić information content (AvgIpc) is 4.28. The van der Waals surface area contributed by atoms with Crippen LogP contribution in [0.15, 0.2) is 233 Å². The monoisotopic (exact) mass is 1030 g/mol. The van der Waals surface area contributed by atoms with Crippen LogP contribution in [0.1, 0.15) is 22.3 Å². The fraction of sp³-hybridized carbons (Fsp3) is 0.0159. The van der Waals surface area contributed by atoms with Gasteiger partial charge in [0.25, 0.3) is 0 Å². The van der Waals surface area contributed by atoms with Crippen molar-refractivity contribution < 1.29 is 4.42 Å². The first-order valence-electron chi connectivity index (χ1n) is 23.6. The summed E-state index contributed by atoms with van der Waals surface area (Å²) >= 11 is 0.576. The molecule has 0 bridgehead atoms. The molecule has 0 unspecified atom stereocenters.